The molecule has 0 spiro atoms. The maximum Gasteiger partial charge on any atom is 0.262 e. The number of hydrogen-bond acceptors (Lipinski definition) is 4. The van der Waals surface area contributed by atoms with Gasteiger partial charge in [0.25, 0.3) is 5.91 Å². The Labute approximate surface area is 146 Å². The van der Waals surface area contributed by atoms with E-state index in [9.17, 15) is 4.79 Å². The van der Waals surface area contributed by atoms with Crippen LogP contribution >= 0.6 is 0 Å². The lowest BCUT2D eigenvalue weighted by Crippen LogP contribution is -2.27. The molecule has 0 aliphatic heterocycles. The van der Waals surface area contributed by atoms with E-state index in [1.54, 1.807) is 5.48 Å². The first-order valence-electron chi connectivity index (χ1n) is 8.34. The average molecular weight is 338 g/mol. The molecule has 0 saturated carbocycles. The number of nitrogens with zero attached hydrogens (tertiary/aromatic N) is 2. The van der Waals surface area contributed by atoms with Crippen molar-refractivity contribution in [1.82, 2.24) is 14.9 Å². The van der Waals surface area contributed by atoms with Crippen molar-refractivity contribution in [2.75, 3.05) is 11.9 Å². The predicted octanol–water partition coefficient (Wildman–Crippen LogP) is 2.71. The van der Waals surface area contributed by atoms with Crippen LogP contribution < -0.4 is 10.8 Å². The van der Waals surface area contributed by atoms with Gasteiger partial charge in [-0.15, -0.1) is 0 Å². The standard InChI is InChI=1S/C19H22N4O2/c1-3-15-10-9-13(2)23-16(11-14-7-5-4-6-8-14)18(21-19(15)23)20-12-17(24)22-25/h4-10,20,25H,3,11-12H2,1-2H3,(H,22,24). The van der Waals surface area contributed by atoms with E-state index in [2.05, 4.69) is 40.9 Å². The van der Waals surface area contributed by atoms with Crippen LogP contribution in [0.2, 0.25) is 0 Å². The van der Waals surface area contributed by atoms with Crippen LogP contribution in [0, 0.1) is 6.92 Å². The Kier molecular flexibility index (Phi) is 5.00. The topological polar surface area (TPSA) is 78.7 Å². The van der Waals surface area contributed by atoms with Crippen LogP contribution in [0.5, 0.6) is 0 Å². The molecule has 3 aromatic rings. The summed E-state index contributed by atoms with van der Waals surface area (Å²) in [4.78, 5) is 16.1. The number of hydroxylamine groups is 1. The van der Waals surface area contributed by atoms with Crippen LogP contribution in [0.25, 0.3) is 5.65 Å². The number of nitrogens with one attached hydrogen (secondary N) is 2. The van der Waals surface area contributed by atoms with Crippen molar-refractivity contribution < 1.29 is 10.0 Å². The Hall–Kier alpha value is -2.86. The molecule has 0 unspecified atom stereocenters. The number of aromatic nitrogens is 2. The molecular formula is C19H22N4O2. The maximum absolute atomic E-state index is 11.4. The number of carbonyl (C=O) groups excluding carboxylic acids is 1. The number of anilines is 1. The maximum atomic E-state index is 11.4. The normalized spacial score (nSPS) is 10.8. The second-order valence-corrected chi connectivity index (χ2v) is 5.97. The van der Waals surface area contributed by atoms with E-state index >= 15 is 0 Å². The number of hydrogen-bond donors (Lipinski definition) is 3. The van der Waals surface area contributed by atoms with Crippen molar-refractivity contribution in [3.63, 3.8) is 0 Å². The molecule has 130 valence electrons. The fourth-order valence-electron chi connectivity index (χ4n) is 2.99. The SMILES string of the molecule is CCc1ccc(C)n2c(Cc3ccccc3)c(NCC(=O)NO)nc12. The monoisotopic (exact) mass is 338 g/mol. The summed E-state index contributed by atoms with van der Waals surface area (Å²) in [6, 6.07) is 14.3. The Balaban J connectivity index is 2.10. The minimum absolute atomic E-state index is 0.0390. The number of rotatable bonds is 6. The van der Waals surface area contributed by atoms with E-state index in [1.807, 2.05) is 25.1 Å². The first-order valence-corrected chi connectivity index (χ1v) is 8.34. The lowest BCUT2D eigenvalue weighted by molar-refractivity contribution is -0.127. The molecule has 6 heteroatoms. The van der Waals surface area contributed by atoms with Gasteiger partial charge >= 0.3 is 0 Å². The highest BCUT2D eigenvalue weighted by atomic mass is 16.5. The first kappa shape index (κ1) is 17.0. The van der Waals surface area contributed by atoms with Gasteiger partial charge in [0.2, 0.25) is 0 Å². The number of aryl methyl sites for hydroxylation is 2. The summed E-state index contributed by atoms with van der Waals surface area (Å²) in [5, 5.41) is 11.8. The summed E-state index contributed by atoms with van der Waals surface area (Å²) in [5.41, 5.74) is 6.95. The van der Waals surface area contributed by atoms with Crippen LogP contribution in [0.4, 0.5) is 5.82 Å². The zero-order chi connectivity index (χ0) is 17.8. The molecule has 3 N–H and O–H groups in total. The third-order valence-electron chi connectivity index (χ3n) is 4.27. The average Bonchev–Trinajstić information content (AvgIpc) is 3.00. The van der Waals surface area contributed by atoms with Crippen molar-refractivity contribution in [2.24, 2.45) is 0 Å². The molecule has 0 aliphatic rings. The second-order valence-electron chi connectivity index (χ2n) is 5.97. The van der Waals surface area contributed by atoms with Crippen LogP contribution in [0.1, 0.15) is 29.4 Å². The molecule has 0 radical (unpaired) electrons. The van der Waals surface area contributed by atoms with Gasteiger partial charge < -0.3 is 5.32 Å². The predicted molar refractivity (Wildman–Crippen MR) is 97.0 cm³/mol. The number of fused-ring (bicyclic) bond motifs is 1. The van der Waals surface area contributed by atoms with Crippen molar-refractivity contribution in [3.05, 3.63) is 65.0 Å². The molecule has 3 rings (SSSR count). The molecule has 0 aliphatic carbocycles. The number of pyridine rings is 1. The molecule has 25 heavy (non-hydrogen) atoms. The molecule has 1 amide bonds. The molecular weight excluding hydrogens is 316 g/mol. The third-order valence-corrected chi connectivity index (χ3v) is 4.27. The largest absolute Gasteiger partial charge is 0.359 e. The van der Waals surface area contributed by atoms with E-state index in [1.165, 1.54) is 5.56 Å². The second kappa shape index (κ2) is 7.36. The van der Waals surface area contributed by atoms with Gasteiger partial charge in [-0.1, -0.05) is 43.3 Å². The molecule has 0 fully saturated rings. The highest BCUT2D eigenvalue weighted by Crippen LogP contribution is 2.25. The van der Waals surface area contributed by atoms with Crippen LogP contribution in [-0.2, 0) is 17.6 Å². The fraction of sp³-hybridized carbons (Fsp3) is 0.263. The van der Waals surface area contributed by atoms with Gasteiger partial charge in [0.15, 0.2) is 0 Å². The summed E-state index contributed by atoms with van der Waals surface area (Å²) in [5.74, 6) is 0.159. The molecule has 1 aromatic carbocycles. The zero-order valence-electron chi connectivity index (χ0n) is 14.4. The summed E-state index contributed by atoms with van der Waals surface area (Å²) in [7, 11) is 0. The molecule has 2 heterocycles. The van der Waals surface area contributed by atoms with Crippen molar-refractivity contribution in [2.45, 2.75) is 26.7 Å². The van der Waals surface area contributed by atoms with Gasteiger partial charge in [-0.3, -0.25) is 14.4 Å². The van der Waals surface area contributed by atoms with Crippen molar-refractivity contribution >= 4 is 17.4 Å². The number of carbonyl (C=O) groups is 1. The molecule has 0 atom stereocenters. The Morgan fingerprint density at radius 3 is 2.64 bits per heavy atom. The summed E-state index contributed by atoms with van der Waals surface area (Å²) in [6.45, 7) is 4.11. The van der Waals surface area contributed by atoms with E-state index in [4.69, 9.17) is 10.2 Å². The van der Waals surface area contributed by atoms with Crippen molar-refractivity contribution in [1.29, 1.82) is 0 Å². The highest BCUT2D eigenvalue weighted by molar-refractivity contribution is 5.79. The van der Waals surface area contributed by atoms with Gasteiger partial charge in [0.1, 0.15) is 11.5 Å². The quantitative estimate of drug-likeness (QED) is 0.477. The number of amides is 1. The lowest BCUT2D eigenvalue weighted by Gasteiger charge is -2.10. The molecule has 0 saturated heterocycles. The van der Waals surface area contributed by atoms with E-state index in [-0.39, 0.29) is 6.54 Å². The van der Waals surface area contributed by atoms with Crippen molar-refractivity contribution in [3.8, 4) is 0 Å². The van der Waals surface area contributed by atoms with Gasteiger partial charge in [0, 0.05) is 12.1 Å². The Bertz CT molecular complexity index is 887. The van der Waals surface area contributed by atoms with Gasteiger partial charge in [-0.2, -0.15) is 0 Å². The van der Waals surface area contributed by atoms with Gasteiger partial charge in [-0.05, 0) is 30.5 Å². The van der Waals surface area contributed by atoms with E-state index in [0.717, 1.165) is 29.0 Å². The highest BCUT2D eigenvalue weighted by Gasteiger charge is 2.17. The van der Waals surface area contributed by atoms with Crippen LogP contribution in [0.3, 0.4) is 0 Å². The van der Waals surface area contributed by atoms with Gasteiger partial charge in [-0.25, -0.2) is 10.5 Å². The number of benzene rings is 1. The Morgan fingerprint density at radius 2 is 1.96 bits per heavy atom. The van der Waals surface area contributed by atoms with Crippen LogP contribution in [-0.4, -0.2) is 27.0 Å². The third kappa shape index (κ3) is 3.49. The Morgan fingerprint density at radius 1 is 1.20 bits per heavy atom. The number of imidazole rings is 1. The summed E-state index contributed by atoms with van der Waals surface area (Å²) in [6.07, 6.45) is 1.57. The summed E-state index contributed by atoms with van der Waals surface area (Å²) >= 11 is 0. The minimum Gasteiger partial charge on any atom is -0.359 e. The fourth-order valence-corrected chi connectivity index (χ4v) is 2.99. The van der Waals surface area contributed by atoms with E-state index < -0.39 is 5.91 Å². The molecule has 0 bridgehead atoms. The molecule has 6 nitrogen and oxygen atoms in total. The smallest absolute Gasteiger partial charge is 0.262 e. The minimum atomic E-state index is -0.504. The summed E-state index contributed by atoms with van der Waals surface area (Å²) < 4.78 is 2.14. The zero-order valence-corrected chi connectivity index (χ0v) is 14.4. The molecule has 2 aromatic heterocycles. The van der Waals surface area contributed by atoms with Crippen LogP contribution in [0.15, 0.2) is 42.5 Å². The van der Waals surface area contributed by atoms with Gasteiger partial charge in [0.05, 0.1) is 12.2 Å². The van der Waals surface area contributed by atoms with E-state index in [0.29, 0.717) is 12.2 Å². The first-order chi connectivity index (χ1) is 12.1. The lowest BCUT2D eigenvalue weighted by atomic mass is 10.1.